The highest BCUT2D eigenvalue weighted by Gasteiger charge is 2.35. The molecular weight excluding hydrogens is 186 g/mol. The maximum atomic E-state index is 10.8. The van der Waals surface area contributed by atoms with E-state index in [1.807, 2.05) is 0 Å². The Morgan fingerprint density at radius 3 is 2.71 bits per heavy atom. The van der Waals surface area contributed by atoms with Crippen molar-refractivity contribution in [3.05, 3.63) is 0 Å². The monoisotopic (exact) mass is 203 g/mol. The van der Waals surface area contributed by atoms with Crippen LogP contribution in [-0.4, -0.2) is 47.1 Å². The molecule has 1 saturated heterocycles. The Morgan fingerprint density at radius 1 is 1.64 bits per heavy atom. The lowest BCUT2D eigenvalue weighted by Gasteiger charge is -2.37. The van der Waals surface area contributed by atoms with E-state index in [0.29, 0.717) is 6.42 Å². The fourth-order valence-electron chi connectivity index (χ4n) is 1.74. The van der Waals surface area contributed by atoms with Crippen LogP contribution in [0.15, 0.2) is 0 Å². The summed E-state index contributed by atoms with van der Waals surface area (Å²) in [5.74, 6) is -0.188. The van der Waals surface area contributed by atoms with Gasteiger partial charge >= 0.3 is 0 Å². The van der Waals surface area contributed by atoms with Gasteiger partial charge in [0.25, 0.3) is 0 Å². The van der Waals surface area contributed by atoms with Crippen molar-refractivity contribution in [1.29, 1.82) is 0 Å². The highest BCUT2D eigenvalue weighted by atomic mass is 16.5. The fraction of sp³-hybridized carbons (Fsp3) is 0.889. The van der Waals surface area contributed by atoms with Crippen molar-refractivity contribution < 1.29 is 19.7 Å². The second-order valence-corrected chi connectivity index (χ2v) is 3.68. The number of nitrogens with one attached hydrogen (secondary N) is 1. The van der Waals surface area contributed by atoms with Crippen molar-refractivity contribution in [1.82, 2.24) is 5.32 Å². The van der Waals surface area contributed by atoms with Crippen LogP contribution in [0.3, 0.4) is 0 Å². The molecule has 1 aliphatic rings. The molecule has 0 radical (unpaired) electrons. The molecule has 1 rings (SSSR count). The molecule has 1 fully saturated rings. The number of aliphatic hydroxyl groups is 2. The van der Waals surface area contributed by atoms with Crippen LogP contribution in [-0.2, 0) is 9.53 Å². The molecule has 82 valence electrons. The second kappa shape index (κ2) is 4.72. The Kier molecular flexibility index (Phi) is 3.86. The van der Waals surface area contributed by atoms with Crippen LogP contribution in [0.25, 0.3) is 0 Å². The lowest BCUT2D eigenvalue weighted by atomic mass is 9.96. The van der Waals surface area contributed by atoms with E-state index < -0.39 is 6.10 Å². The van der Waals surface area contributed by atoms with Crippen LogP contribution in [0.5, 0.6) is 0 Å². The number of ether oxygens (including phenoxy) is 1. The summed E-state index contributed by atoms with van der Waals surface area (Å²) in [4.78, 5) is 10.8. The molecule has 0 spiro atoms. The standard InChI is InChI=1S/C9H17NO4/c1-5-9(10-6(2)12)8(13)3-7(4-11)14-5/h5,7-9,11,13H,3-4H2,1-2H3,(H,10,12)/t5?,7?,8-,9?/m1/s1. The number of hydrogen-bond donors (Lipinski definition) is 3. The molecule has 1 aliphatic heterocycles. The highest BCUT2D eigenvalue weighted by molar-refractivity contribution is 5.73. The van der Waals surface area contributed by atoms with Gasteiger partial charge < -0.3 is 20.3 Å². The molecule has 5 heteroatoms. The van der Waals surface area contributed by atoms with Gasteiger partial charge in [-0.25, -0.2) is 0 Å². The minimum absolute atomic E-state index is 0.103. The summed E-state index contributed by atoms with van der Waals surface area (Å²) in [6, 6.07) is -0.379. The number of hydrogen-bond acceptors (Lipinski definition) is 4. The molecular formula is C9H17NO4. The Bertz CT molecular complexity index is 197. The number of carbonyl (C=O) groups is 1. The molecule has 3 N–H and O–H groups in total. The van der Waals surface area contributed by atoms with Gasteiger partial charge in [-0.15, -0.1) is 0 Å². The summed E-state index contributed by atoms with van der Waals surface area (Å²) >= 11 is 0. The van der Waals surface area contributed by atoms with Crippen molar-refractivity contribution in [2.24, 2.45) is 0 Å². The number of rotatable bonds is 2. The summed E-state index contributed by atoms with van der Waals surface area (Å²) in [5.41, 5.74) is 0. The summed E-state index contributed by atoms with van der Waals surface area (Å²) in [5, 5.41) is 21.2. The first-order valence-electron chi connectivity index (χ1n) is 4.76. The average molecular weight is 203 g/mol. The van der Waals surface area contributed by atoms with Gasteiger partial charge in [-0.1, -0.05) is 0 Å². The first kappa shape index (κ1) is 11.4. The van der Waals surface area contributed by atoms with E-state index in [0.717, 1.165) is 0 Å². The Morgan fingerprint density at radius 2 is 2.29 bits per heavy atom. The van der Waals surface area contributed by atoms with E-state index in [9.17, 15) is 9.90 Å². The van der Waals surface area contributed by atoms with Crippen LogP contribution in [0.4, 0.5) is 0 Å². The molecule has 4 atom stereocenters. The first-order chi connectivity index (χ1) is 6.54. The molecule has 1 heterocycles. The third-order valence-corrected chi connectivity index (χ3v) is 2.41. The van der Waals surface area contributed by atoms with Crippen molar-refractivity contribution in [2.45, 2.75) is 44.6 Å². The maximum absolute atomic E-state index is 10.8. The van der Waals surface area contributed by atoms with Crippen molar-refractivity contribution in [2.75, 3.05) is 6.61 Å². The van der Waals surface area contributed by atoms with E-state index in [1.165, 1.54) is 6.92 Å². The smallest absolute Gasteiger partial charge is 0.217 e. The molecule has 14 heavy (non-hydrogen) atoms. The zero-order valence-electron chi connectivity index (χ0n) is 8.43. The van der Waals surface area contributed by atoms with Gasteiger partial charge in [-0.2, -0.15) is 0 Å². The number of aliphatic hydroxyl groups excluding tert-OH is 2. The van der Waals surface area contributed by atoms with Gasteiger partial charge in [-0.3, -0.25) is 4.79 Å². The molecule has 0 saturated carbocycles. The second-order valence-electron chi connectivity index (χ2n) is 3.68. The summed E-state index contributed by atoms with van der Waals surface area (Å²) in [6.45, 7) is 3.07. The van der Waals surface area contributed by atoms with Gasteiger partial charge in [0.2, 0.25) is 5.91 Å². The van der Waals surface area contributed by atoms with E-state index >= 15 is 0 Å². The number of carbonyl (C=O) groups excluding carboxylic acids is 1. The minimum Gasteiger partial charge on any atom is -0.394 e. The summed E-state index contributed by atoms with van der Waals surface area (Å²) in [7, 11) is 0. The first-order valence-corrected chi connectivity index (χ1v) is 4.76. The zero-order valence-corrected chi connectivity index (χ0v) is 8.43. The predicted molar refractivity (Wildman–Crippen MR) is 49.6 cm³/mol. The van der Waals surface area contributed by atoms with Crippen LogP contribution < -0.4 is 5.32 Å². The Hall–Kier alpha value is -0.650. The van der Waals surface area contributed by atoms with Gasteiger partial charge in [0.05, 0.1) is 31.0 Å². The molecule has 1 amide bonds. The molecule has 5 nitrogen and oxygen atoms in total. The van der Waals surface area contributed by atoms with Crippen LogP contribution in [0.1, 0.15) is 20.3 Å². The normalized spacial score (nSPS) is 38.0. The van der Waals surface area contributed by atoms with E-state index in [4.69, 9.17) is 9.84 Å². The van der Waals surface area contributed by atoms with E-state index in [-0.39, 0.29) is 30.8 Å². The van der Waals surface area contributed by atoms with Crippen LogP contribution >= 0.6 is 0 Å². The Balaban J connectivity index is 2.55. The molecule has 0 bridgehead atoms. The Labute approximate surface area is 83.1 Å². The SMILES string of the molecule is CC(=O)NC1C(C)OC(CO)C[C@H]1O. The zero-order chi connectivity index (χ0) is 10.7. The lowest BCUT2D eigenvalue weighted by molar-refractivity contribution is -0.138. The maximum Gasteiger partial charge on any atom is 0.217 e. The van der Waals surface area contributed by atoms with Crippen molar-refractivity contribution >= 4 is 5.91 Å². The minimum atomic E-state index is -0.653. The molecule has 0 aliphatic carbocycles. The van der Waals surface area contributed by atoms with Crippen molar-refractivity contribution in [3.63, 3.8) is 0 Å². The molecule has 3 unspecified atom stereocenters. The highest BCUT2D eigenvalue weighted by Crippen LogP contribution is 2.19. The third-order valence-electron chi connectivity index (χ3n) is 2.41. The van der Waals surface area contributed by atoms with Gasteiger partial charge in [-0.05, 0) is 6.92 Å². The molecule has 0 aromatic rings. The molecule has 0 aromatic carbocycles. The predicted octanol–water partition coefficient (Wildman–Crippen LogP) is -0.978. The fourth-order valence-corrected chi connectivity index (χ4v) is 1.74. The largest absolute Gasteiger partial charge is 0.394 e. The van der Waals surface area contributed by atoms with Crippen LogP contribution in [0.2, 0.25) is 0 Å². The quantitative estimate of drug-likeness (QED) is 0.539. The van der Waals surface area contributed by atoms with Gasteiger partial charge in [0.1, 0.15) is 0 Å². The summed E-state index contributed by atoms with van der Waals surface area (Å²) in [6.07, 6.45) is -0.907. The lowest BCUT2D eigenvalue weighted by Crippen LogP contribution is -2.56. The van der Waals surface area contributed by atoms with Crippen molar-refractivity contribution in [3.8, 4) is 0 Å². The van der Waals surface area contributed by atoms with E-state index in [1.54, 1.807) is 6.92 Å². The van der Waals surface area contributed by atoms with Gasteiger partial charge in [0.15, 0.2) is 0 Å². The van der Waals surface area contributed by atoms with Gasteiger partial charge in [0, 0.05) is 13.3 Å². The summed E-state index contributed by atoms with van der Waals surface area (Å²) < 4.78 is 5.39. The van der Waals surface area contributed by atoms with E-state index in [2.05, 4.69) is 5.32 Å². The average Bonchev–Trinajstić information content (AvgIpc) is 2.10. The number of amides is 1. The third kappa shape index (κ3) is 2.67. The molecule has 0 aromatic heterocycles. The van der Waals surface area contributed by atoms with Crippen LogP contribution in [0, 0.1) is 0 Å². The topological polar surface area (TPSA) is 78.8 Å².